The molecule has 2 rings (SSSR count). The maximum Gasteiger partial charge on any atom is 0.146 e. The number of fused-ring (bicyclic) bond motifs is 1. The van der Waals surface area contributed by atoms with Gasteiger partial charge >= 0.3 is 0 Å². The van der Waals surface area contributed by atoms with E-state index in [0.29, 0.717) is 5.82 Å². The Bertz CT molecular complexity index is 433. The van der Waals surface area contributed by atoms with Crippen LogP contribution in [0.25, 0.3) is 10.1 Å². The van der Waals surface area contributed by atoms with E-state index in [4.69, 9.17) is 5.73 Å². The van der Waals surface area contributed by atoms with Gasteiger partial charge in [-0.25, -0.2) is 0 Å². The van der Waals surface area contributed by atoms with E-state index in [-0.39, 0.29) is 0 Å². The number of nitrogens with zero attached hydrogens (tertiary/aromatic N) is 2. The second-order valence-electron chi connectivity index (χ2n) is 2.80. The topological polar surface area (TPSA) is 51.8 Å². The van der Waals surface area contributed by atoms with Crippen LogP contribution in [0.5, 0.6) is 0 Å². The van der Waals surface area contributed by atoms with E-state index < -0.39 is 0 Å². The molecule has 0 spiro atoms. The standard InChI is InChI=1S/C8H9N3S/c1-4-3-10-5(2)6-7(4)12-11-8(6)9/h3H,1-2H3,(H2,9,11). The number of pyridine rings is 1. The molecule has 12 heavy (non-hydrogen) atoms. The lowest BCUT2D eigenvalue weighted by Crippen LogP contribution is -1.89. The van der Waals surface area contributed by atoms with Crippen molar-refractivity contribution < 1.29 is 0 Å². The molecule has 0 atom stereocenters. The SMILES string of the molecule is Cc1cnc(C)c2c(N)nsc12. The zero-order chi connectivity index (χ0) is 8.72. The van der Waals surface area contributed by atoms with E-state index in [1.165, 1.54) is 11.5 Å². The van der Waals surface area contributed by atoms with Crippen molar-refractivity contribution in [1.82, 2.24) is 9.36 Å². The van der Waals surface area contributed by atoms with Crippen molar-refractivity contribution >= 4 is 27.4 Å². The zero-order valence-corrected chi connectivity index (χ0v) is 7.77. The molecule has 0 saturated heterocycles. The Hall–Kier alpha value is -1.16. The average molecular weight is 179 g/mol. The molecule has 0 fully saturated rings. The third-order valence-corrected chi connectivity index (χ3v) is 2.89. The predicted octanol–water partition coefficient (Wildman–Crippen LogP) is 1.89. The zero-order valence-electron chi connectivity index (χ0n) is 6.96. The van der Waals surface area contributed by atoms with Crippen LogP contribution >= 0.6 is 11.5 Å². The highest BCUT2D eigenvalue weighted by molar-refractivity contribution is 7.14. The fraction of sp³-hybridized carbons (Fsp3) is 0.250. The quantitative estimate of drug-likeness (QED) is 0.672. The van der Waals surface area contributed by atoms with Crippen LogP contribution in [-0.4, -0.2) is 9.36 Å². The van der Waals surface area contributed by atoms with E-state index in [1.807, 2.05) is 20.0 Å². The van der Waals surface area contributed by atoms with Crippen LogP contribution in [0.1, 0.15) is 11.3 Å². The first kappa shape index (κ1) is 7.49. The second-order valence-corrected chi connectivity index (χ2v) is 3.57. The first-order valence-electron chi connectivity index (χ1n) is 3.67. The van der Waals surface area contributed by atoms with Crippen LogP contribution in [0.4, 0.5) is 5.82 Å². The van der Waals surface area contributed by atoms with Crippen LogP contribution in [0, 0.1) is 13.8 Å². The summed E-state index contributed by atoms with van der Waals surface area (Å²) in [6.07, 6.45) is 1.86. The van der Waals surface area contributed by atoms with E-state index in [0.717, 1.165) is 21.3 Å². The Morgan fingerprint density at radius 1 is 1.42 bits per heavy atom. The summed E-state index contributed by atoms with van der Waals surface area (Å²) in [6.45, 7) is 3.97. The Morgan fingerprint density at radius 3 is 2.83 bits per heavy atom. The Balaban J connectivity index is 2.98. The maximum absolute atomic E-state index is 5.71. The minimum atomic E-state index is 0.601. The molecular weight excluding hydrogens is 170 g/mol. The minimum Gasteiger partial charge on any atom is -0.382 e. The number of nitrogens with two attached hydrogens (primary N) is 1. The summed E-state index contributed by atoms with van der Waals surface area (Å²) in [5, 5.41) is 1.01. The molecule has 0 aliphatic heterocycles. The molecule has 0 bridgehead atoms. The summed E-state index contributed by atoms with van der Waals surface area (Å²) in [4.78, 5) is 4.23. The van der Waals surface area contributed by atoms with Crippen molar-refractivity contribution in [2.75, 3.05) is 5.73 Å². The summed E-state index contributed by atoms with van der Waals surface area (Å²) in [6, 6.07) is 0. The molecule has 0 unspecified atom stereocenters. The fourth-order valence-electron chi connectivity index (χ4n) is 1.24. The van der Waals surface area contributed by atoms with Gasteiger partial charge in [0, 0.05) is 11.9 Å². The van der Waals surface area contributed by atoms with Gasteiger partial charge in [0.05, 0.1) is 10.1 Å². The number of nitrogen functional groups attached to an aromatic ring is 1. The van der Waals surface area contributed by atoms with E-state index in [1.54, 1.807) is 0 Å². The van der Waals surface area contributed by atoms with Gasteiger partial charge in [0.25, 0.3) is 0 Å². The summed E-state index contributed by atoms with van der Waals surface area (Å²) in [5.74, 6) is 0.601. The van der Waals surface area contributed by atoms with Gasteiger partial charge in [-0.05, 0) is 30.9 Å². The fourth-order valence-corrected chi connectivity index (χ4v) is 2.06. The average Bonchev–Trinajstić information content (AvgIpc) is 2.42. The molecule has 2 aromatic rings. The number of aryl methyl sites for hydroxylation is 2. The Morgan fingerprint density at radius 2 is 2.17 bits per heavy atom. The van der Waals surface area contributed by atoms with Crippen molar-refractivity contribution in [3.8, 4) is 0 Å². The predicted molar refractivity (Wildman–Crippen MR) is 51.3 cm³/mol. The second kappa shape index (κ2) is 2.42. The van der Waals surface area contributed by atoms with E-state index in [9.17, 15) is 0 Å². The molecule has 0 radical (unpaired) electrons. The lowest BCUT2D eigenvalue weighted by molar-refractivity contribution is 1.21. The van der Waals surface area contributed by atoms with Gasteiger partial charge < -0.3 is 5.73 Å². The summed E-state index contributed by atoms with van der Waals surface area (Å²) in [5.41, 5.74) is 7.81. The number of hydrogen-bond acceptors (Lipinski definition) is 4. The molecule has 62 valence electrons. The van der Waals surface area contributed by atoms with Crippen molar-refractivity contribution in [2.24, 2.45) is 0 Å². The number of aromatic nitrogens is 2. The molecule has 3 nitrogen and oxygen atoms in total. The van der Waals surface area contributed by atoms with E-state index >= 15 is 0 Å². The van der Waals surface area contributed by atoms with Crippen molar-refractivity contribution in [2.45, 2.75) is 13.8 Å². The number of anilines is 1. The summed E-state index contributed by atoms with van der Waals surface area (Å²) in [7, 11) is 0. The van der Waals surface area contributed by atoms with Gasteiger partial charge in [0.1, 0.15) is 5.82 Å². The molecule has 4 heteroatoms. The highest BCUT2D eigenvalue weighted by Crippen LogP contribution is 2.28. The molecular formula is C8H9N3S. The van der Waals surface area contributed by atoms with Gasteiger partial charge in [-0.2, -0.15) is 4.37 Å². The molecule has 2 aromatic heterocycles. The molecule has 0 saturated carbocycles. The lowest BCUT2D eigenvalue weighted by Gasteiger charge is -1.97. The van der Waals surface area contributed by atoms with Crippen molar-refractivity contribution in [3.05, 3.63) is 17.5 Å². The van der Waals surface area contributed by atoms with Crippen molar-refractivity contribution in [3.63, 3.8) is 0 Å². The monoisotopic (exact) mass is 179 g/mol. The minimum absolute atomic E-state index is 0.601. The number of rotatable bonds is 0. The van der Waals surface area contributed by atoms with Gasteiger partial charge in [0.2, 0.25) is 0 Å². The van der Waals surface area contributed by atoms with Crippen LogP contribution in [0.2, 0.25) is 0 Å². The van der Waals surface area contributed by atoms with Gasteiger partial charge in [0.15, 0.2) is 0 Å². The van der Waals surface area contributed by atoms with Crippen molar-refractivity contribution in [1.29, 1.82) is 0 Å². The third kappa shape index (κ3) is 0.881. The lowest BCUT2D eigenvalue weighted by atomic mass is 10.2. The largest absolute Gasteiger partial charge is 0.382 e. The maximum atomic E-state index is 5.71. The first-order valence-corrected chi connectivity index (χ1v) is 4.44. The number of hydrogen-bond donors (Lipinski definition) is 1. The molecule has 0 aliphatic rings. The highest BCUT2D eigenvalue weighted by atomic mass is 32.1. The van der Waals surface area contributed by atoms with Crippen LogP contribution in [0.15, 0.2) is 6.20 Å². The summed E-state index contributed by atoms with van der Waals surface area (Å²) < 4.78 is 5.25. The van der Waals surface area contributed by atoms with E-state index in [2.05, 4.69) is 9.36 Å². The molecule has 0 amide bonds. The van der Waals surface area contributed by atoms with Crippen LogP contribution in [0.3, 0.4) is 0 Å². The van der Waals surface area contributed by atoms with Gasteiger partial charge in [-0.3, -0.25) is 4.98 Å². The van der Waals surface area contributed by atoms with Gasteiger partial charge in [-0.1, -0.05) is 0 Å². The normalized spacial score (nSPS) is 10.8. The summed E-state index contributed by atoms with van der Waals surface area (Å²) >= 11 is 1.44. The Kier molecular flexibility index (Phi) is 1.51. The third-order valence-electron chi connectivity index (χ3n) is 1.89. The molecule has 0 aliphatic carbocycles. The van der Waals surface area contributed by atoms with Gasteiger partial charge in [-0.15, -0.1) is 0 Å². The van der Waals surface area contributed by atoms with Crippen LogP contribution < -0.4 is 5.73 Å². The molecule has 0 aromatic carbocycles. The molecule has 2 N–H and O–H groups in total. The first-order chi connectivity index (χ1) is 5.70. The smallest absolute Gasteiger partial charge is 0.146 e. The molecule has 2 heterocycles. The van der Waals surface area contributed by atoms with Crippen LogP contribution in [-0.2, 0) is 0 Å². The highest BCUT2D eigenvalue weighted by Gasteiger charge is 2.08. The Labute approximate surface area is 74.4 Å².